The monoisotopic (exact) mass is 306 g/mol. The Hall–Kier alpha value is -1.30. The lowest BCUT2D eigenvalue weighted by molar-refractivity contribution is -0.138. The van der Waals surface area contributed by atoms with Crippen molar-refractivity contribution in [3.63, 3.8) is 0 Å². The molecule has 1 aromatic carbocycles. The van der Waals surface area contributed by atoms with Gasteiger partial charge in [0.2, 0.25) is 0 Å². The van der Waals surface area contributed by atoms with Crippen LogP contribution in [0.1, 0.15) is 25.8 Å². The summed E-state index contributed by atoms with van der Waals surface area (Å²) in [7, 11) is 0. The third kappa shape index (κ3) is 2.69. The SMILES string of the molecule is CC(C)(CC(=O)O)c1c(O)c(O)cc(F)c1Br. The molecule has 0 radical (unpaired) electrons. The van der Waals surface area contributed by atoms with Crippen molar-refractivity contribution in [3.05, 3.63) is 21.9 Å². The van der Waals surface area contributed by atoms with E-state index in [2.05, 4.69) is 15.9 Å². The molecule has 0 aliphatic heterocycles. The summed E-state index contributed by atoms with van der Waals surface area (Å²) in [5.41, 5.74) is -0.980. The molecule has 0 spiro atoms. The Labute approximate surface area is 106 Å². The third-order valence-electron chi connectivity index (χ3n) is 2.44. The Morgan fingerprint density at radius 3 is 2.47 bits per heavy atom. The summed E-state index contributed by atoms with van der Waals surface area (Å²) < 4.78 is 13.4. The van der Waals surface area contributed by atoms with Gasteiger partial charge in [-0.1, -0.05) is 13.8 Å². The summed E-state index contributed by atoms with van der Waals surface area (Å²) in [5, 5.41) is 27.8. The number of hydrogen-bond acceptors (Lipinski definition) is 3. The molecule has 4 nitrogen and oxygen atoms in total. The van der Waals surface area contributed by atoms with Crippen LogP contribution in [0.5, 0.6) is 11.5 Å². The normalized spacial score (nSPS) is 11.5. The zero-order valence-electron chi connectivity index (χ0n) is 9.29. The second-order valence-corrected chi connectivity index (χ2v) is 5.16. The Morgan fingerprint density at radius 1 is 1.47 bits per heavy atom. The summed E-state index contributed by atoms with van der Waals surface area (Å²) in [6.07, 6.45) is -0.304. The van der Waals surface area contributed by atoms with E-state index in [0.29, 0.717) is 0 Å². The van der Waals surface area contributed by atoms with E-state index in [9.17, 15) is 19.4 Å². The number of carboxylic acids is 1. The van der Waals surface area contributed by atoms with Crippen LogP contribution in [0.15, 0.2) is 10.5 Å². The van der Waals surface area contributed by atoms with Gasteiger partial charge >= 0.3 is 5.97 Å². The second kappa shape index (κ2) is 4.52. The zero-order valence-corrected chi connectivity index (χ0v) is 10.9. The molecule has 6 heteroatoms. The molecule has 0 unspecified atom stereocenters. The van der Waals surface area contributed by atoms with Crippen LogP contribution in [-0.2, 0) is 10.2 Å². The molecule has 94 valence electrons. The summed E-state index contributed by atoms with van der Waals surface area (Å²) in [4.78, 5) is 10.7. The van der Waals surface area contributed by atoms with E-state index in [1.807, 2.05) is 0 Å². The van der Waals surface area contributed by atoms with Crippen molar-refractivity contribution in [3.8, 4) is 11.5 Å². The van der Waals surface area contributed by atoms with Crippen molar-refractivity contribution in [2.45, 2.75) is 25.7 Å². The van der Waals surface area contributed by atoms with Gasteiger partial charge in [-0.3, -0.25) is 4.79 Å². The van der Waals surface area contributed by atoms with E-state index in [4.69, 9.17) is 5.11 Å². The molecular formula is C11H12BrFO4. The molecule has 0 saturated heterocycles. The Bertz CT molecular complexity index is 445. The van der Waals surface area contributed by atoms with Gasteiger partial charge in [0.15, 0.2) is 11.5 Å². The van der Waals surface area contributed by atoms with Crippen LogP contribution >= 0.6 is 15.9 Å². The zero-order chi connectivity index (χ0) is 13.4. The Balaban J connectivity index is 3.44. The fraction of sp³-hybridized carbons (Fsp3) is 0.364. The summed E-state index contributed by atoms with van der Waals surface area (Å²) >= 11 is 2.95. The van der Waals surface area contributed by atoms with Gasteiger partial charge in [-0.05, 0) is 15.9 Å². The van der Waals surface area contributed by atoms with Crippen LogP contribution < -0.4 is 0 Å². The van der Waals surface area contributed by atoms with Crippen molar-refractivity contribution in [1.29, 1.82) is 0 Å². The summed E-state index contributed by atoms with van der Waals surface area (Å²) in [6, 6.07) is 0.764. The Kier molecular flexibility index (Phi) is 3.66. The highest BCUT2D eigenvalue weighted by Crippen LogP contribution is 2.44. The maximum Gasteiger partial charge on any atom is 0.304 e. The number of phenolic OH excluding ortho intramolecular Hbond substituents is 2. The molecule has 0 aliphatic carbocycles. The summed E-state index contributed by atoms with van der Waals surface area (Å²) in [6.45, 7) is 3.08. The first-order valence-corrected chi connectivity index (χ1v) is 5.58. The number of aliphatic carboxylic acids is 1. The van der Waals surface area contributed by atoms with Gasteiger partial charge in [0.1, 0.15) is 5.82 Å². The molecule has 0 bridgehead atoms. The van der Waals surface area contributed by atoms with E-state index in [-0.39, 0.29) is 16.5 Å². The van der Waals surface area contributed by atoms with Crippen LogP contribution in [0.3, 0.4) is 0 Å². The van der Waals surface area contributed by atoms with Gasteiger partial charge in [-0.25, -0.2) is 4.39 Å². The van der Waals surface area contributed by atoms with Crippen molar-refractivity contribution in [2.24, 2.45) is 0 Å². The second-order valence-electron chi connectivity index (χ2n) is 4.37. The number of benzene rings is 1. The lowest BCUT2D eigenvalue weighted by Crippen LogP contribution is -2.22. The lowest BCUT2D eigenvalue weighted by Gasteiger charge is -2.26. The number of carbonyl (C=O) groups is 1. The molecule has 0 heterocycles. The van der Waals surface area contributed by atoms with Gasteiger partial charge in [-0.15, -0.1) is 0 Å². The number of aromatic hydroxyl groups is 2. The standard InChI is InChI=1S/C11H12BrFO4/c1-11(2,4-7(15)16)8-9(12)5(13)3-6(14)10(8)17/h3,14,17H,4H2,1-2H3,(H,15,16). The van der Waals surface area contributed by atoms with E-state index in [1.165, 1.54) is 0 Å². The molecule has 0 saturated carbocycles. The van der Waals surface area contributed by atoms with E-state index >= 15 is 0 Å². The van der Waals surface area contributed by atoms with Gasteiger partial charge in [0.05, 0.1) is 10.9 Å². The minimum atomic E-state index is -1.08. The van der Waals surface area contributed by atoms with Crippen molar-refractivity contribution in [2.75, 3.05) is 0 Å². The highest BCUT2D eigenvalue weighted by molar-refractivity contribution is 9.10. The van der Waals surface area contributed by atoms with Crippen LogP contribution in [-0.4, -0.2) is 21.3 Å². The van der Waals surface area contributed by atoms with Gasteiger partial charge < -0.3 is 15.3 Å². The largest absolute Gasteiger partial charge is 0.504 e. The molecule has 17 heavy (non-hydrogen) atoms. The minimum Gasteiger partial charge on any atom is -0.504 e. The van der Waals surface area contributed by atoms with Crippen molar-refractivity contribution < 1.29 is 24.5 Å². The molecule has 1 rings (SSSR count). The molecule has 0 amide bonds. The van der Waals surface area contributed by atoms with Crippen LogP contribution in [0, 0.1) is 5.82 Å². The number of phenols is 2. The highest BCUT2D eigenvalue weighted by atomic mass is 79.9. The van der Waals surface area contributed by atoms with Crippen LogP contribution in [0.25, 0.3) is 0 Å². The van der Waals surface area contributed by atoms with E-state index < -0.39 is 28.7 Å². The number of halogens is 2. The lowest BCUT2D eigenvalue weighted by atomic mass is 9.81. The Morgan fingerprint density at radius 2 is 2.00 bits per heavy atom. The first-order valence-electron chi connectivity index (χ1n) is 4.79. The topological polar surface area (TPSA) is 77.8 Å². The summed E-state index contributed by atoms with van der Waals surface area (Å²) in [5.74, 6) is -2.96. The fourth-order valence-corrected chi connectivity index (χ4v) is 2.53. The van der Waals surface area contributed by atoms with Crippen LogP contribution in [0.2, 0.25) is 0 Å². The fourth-order valence-electron chi connectivity index (χ4n) is 1.69. The van der Waals surface area contributed by atoms with Crippen LogP contribution in [0.4, 0.5) is 4.39 Å². The predicted octanol–water partition coefficient (Wildman–Crippen LogP) is 2.75. The molecular weight excluding hydrogens is 295 g/mol. The van der Waals surface area contributed by atoms with Gasteiger partial charge in [0.25, 0.3) is 0 Å². The number of rotatable bonds is 3. The van der Waals surface area contributed by atoms with E-state index in [0.717, 1.165) is 6.07 Å². The molecule has 1 aromatic rings. The molecule has 0 aliphatic rings. The predicted molar refractivity (Wildman–Crippen MR) is 62.7 cm³/mol. The average Bonchev–Trinajstić information content (AvgIpc) is 2.12. The number of hydrogen-bond donors (Lipinski definition) is 3. The third-order valence-corrected chi connectivity index (χ3v) is 3.22. The highest BCUT2D eigenvalue weighted by Gasteiger charge is 2.32. The maximum atomic E-state index is 13.4. The van der Waals surface area contributed by atoms with Gasteiger partial charge in [0, 0.05) is 17.0 Å². The van der Waals surface area contributed by atoms with Gasteiger partial charge in [-0.2, -0.15) is 0 Å². The number of carboxylic acid groups (broad SMARTS) is 1. The molecule has 0 fully saturated rings. The molecule has 0 aromatic heterocycles. The first kappa shape index (κ1) is 13.8. The minimum absolute atomic E-state index is 0.0393. The molecule has 3 N–H and O–H groups in total. The van der Waals surface area contributed by atoms with Crippen molar-refractivity contribution >= 4 is 21.9 Å². The molecule has 0 atom stereocenters. The van der Waals surface area contributed by atoms with E-state index in [1.54, 1.807) is 13.8 Å². The quantitative estimate of drug-likeness (QED) is 0.750. The average molecular weight is 307 g/mol. The van der Waals surface area contributed by atoms with Crippen molar-refractivity contribution in [1.82, 2.24) is 0 Å². The smallest absolute Gasteiger partial charge is 0.304 e. The maximum absolute atomic E-state index is 13.4. The first-order chi connectivity index (χ1) is 7.66.